The molecule has 2 aromatic heterocycles. The molecule has 0 saturated carbocycles. The molecule has 0 fully saturated rings. The highest BCUT2D eigenvalue weighted by atomic mass is 32.2. The minimum Gasteiger partial charge on any atom is -0.229 e. The summed E-state index contributed by atoms with van der Waals surface area (Å²) in [5, 5.41) is 2.05. The van der Waals surface area contributed by atoms with Crippen molar-refractivity contribution in [3.8, 4) is 0 Å². The highest BCUT2D eigenvalue weighted by Crippen LogP contribution is 2.40. The SMILES string of the molecule is O=S(=O)(c1ccc(CSc2ncnc3sc4c(c23)CCC4)cc1)C(F)F. The summed E-state index contributed by atoms with van der Waals surface area (Å²) in [5.74, 6) is -2.83. The lowest BCUT2D eigenvalue weighted by Crippen LogP contribution is -2.11. The van der Waals surface area contributed by atoms with Crippen LogP contribution < -0.4 is 0 Å². The summed E-state index contributed by atoms with van der Waals surface area (Å²) >= 11 is 3.28. The van der Waals surface area contributed by atoms with Gasteiger partial charge in [-0.1, -0.05) is 12.1 Å². The summed E-state index contributed by atoms with van der Waals surface area (Å²) in [5.41, 5.74) is 2.20. The molecule has 0 N–H and O–H groups in total. The van der Waals surface area contributed by atoms with Crippen molar-refractivity contribution in [1.82, 2.24) is 9.97 Å². The molecular formula is C17H14F2N2O2S3. The molecule has 9 heteroatoms. The Morgan fingerprint density at radius 1 is 1.15 bits per heavy atom. The predicted octanol–water partition coefficient (Wildman–Crippen LogP) is 4.47. The molecule has 4 rings (SSSR count). The standard InChI is InChI=1S/C17H14F2N2O2S3/c18-17(19)26(22,23)11-6-4-10(5-7-11)8-24-15-14-12-2-1-3-13(12)25-16(14)21-9-20-15/h4-7,9,17H,1-3,8H2. The highest BCUT2D eigenvalue weighted by molar-refractivity contribution is 7.98. The number of thiophene rings is 1. The number of aryl methyl sites for hydroxylation is 2. The third-order valence-electron chi connectivity index (χ3n) is 4.33. The van der Waals surface area contributed by atoms with Gasteiger partial charge >= 0.3 is 5.76 Å². The molecule has 2 heterocycles. The van der Waals surface area contributed by atoms with Crippen LogP contribution in [0, 0.1) is 0 Å². The second kappa shape index (κ2) is 6.86. The Bertz CT molecular complexity index is 1060. The smallest absolute Gasteiger partial charge is 0.229 e. The Labute approximate surface area is 157 Å². The number of hydrogen-bond acceptors (Lipinski definition) is 6. The van der Waals surface area contributed by atoms with Gasteiger partial charge in [0.15, 0.2) is 0 Å². The molecule has 1 aliphatic carbocycles. The molecule has 0 bridgehead atoms. The Kier molecular flexibility index (Phi) is 4.70. The van der Waals surface area contributed by atoms with Gasteiger partial charge in [-0.3, -0.25) is 0 Å². The monoisotopic (exact) mass is 412 g/mol. The van der Waals surface area contributed by atoms with Crippen LogP contribution in [0.25, 0.3) is 10.2 Å². The summed E-state index contributed by atoms with van der Waals surface area (Å²) in [4.78, 5) is 10.8. The van der Waals surface area contributed by atoms with Crippen LogP contribution >= 0.6 is 23.1 Å². The second-order valence-electron chi connectivity index (χ2n) is 5.95. The molecule has 3 aromatic rings. The van der Waals surface area contributed by atoms with E-state index in [2.05, 4.69) is 9.97 Å². The Balaban J connectivity index is 1.56. The first-order valence-corrected chi connectivity index (χ1v) is 11.3. The molecule has 4 nitrogen and oxygen atoms in total. The largest absolute Gasteiger partial charge is 0.341 e. The average molecular weight is 413 g/mol. The first kappa shape index (κ1) is 17.8. The Hall–Kier alpha value is -1.58. The Morgan fingerprint density at radius 2 is 1.92 bits per heavy atom. The lowest BCUT2D eigenvalue weighted by Gasteiger charge is -2.06. The lowest BCUT2D eigenvalue weighted by molar-refractivity contribution is 0.234. The van der Waals surface area contributed by atoms with E-state index >= 15 is 0 Å². The molecule has 1 aliphatic rings. The van der Waals surface area contributed by atoms with Crippen molar-refractivity contribution in [3.63, 3.8) is 0 Å². The third kappa shape index (κ3) is 3.12. The van der Waals surface area contributed by atoms with Crippen molar-refractivity contribution >= 4 is 43.2 Å². The fourth-order valence-corrected chi connectivity index (χ4v) is 6.04. The summed E-state index contributed by atoms with van der Waals surface area (Å²) < 4.78 is 48.1. The van der Waals surface area contributed by atoms with E-state index in [0.29, 0.717) is 5.75 Å². The number of alkyl halides is 2. The van der Waals surface area contributed by atoms with Crippen LogP contribution in [0.3, 0.4) is 0 Å². The minimum absolute atomic E-state index is 0.360. The number of halogens is 2. The summed E-state index contributed by atoms with van der Waals surface area (Å²) in [6.07, 6.45) is 4.88. The minimum atomic E-state index is -4.55. The van der Waals surface area contributed by atoms with Crippen molar-refractivity contribution in [2.75, 3.05) is 0 Å². The van der Waals surface area contributed by atoms with E-state index in [1.54, 1.807) is 41.6 Å². The predicted molar refractivity (Wildman–Crippen MR) is 98.6 cm³/mol. The average Bonchev–Trinajstić information content (AvgIpc) is 3.21. The molecule has 0 radical (unpaired) electrons. The molecular weight excluding hydrogens is 398 g/mol. The zero-order valence-corrected chi connectivity index (χ0v) is 15.9. The molecule has 0 amide bonds. The molecule has 136 valence electrons. The molecule has 0 atom stereocenters. The van der Waals surface area contributed by atoms with E-state index < -0.39 is 15.6 Å². The number of benzene rings is 1. The number of sulfone groups is 1. The van der Waals surface area contributed by atoms with Gasteiger partial charge in [0.2, 0.25) is 9.84 Å². The van der Waals surface area contributed by atoms with Gasteiger partial charge in [-0.15, -0.1) is 23.1 Å². The van der Waals surface area contributed by atoms with Gasteiger partial charge in [0.05, 0.1) is 4.90 Å². The number of nitrogens with zero attached hydrogens (tertiary/aromatic N) is 2. The topological polar surface area (TPSA) is 59.9 Å². The van der Waals surface area contributed by atoms with Gasteiger partial charge < -0.3 is 0 Å². The maximum absolute atomic E-state index is 12.6. The molecule has 1 aromatic carbocycles. The lowest BCUT2D eigenvalue weighted by atomic mass is 10.2. The number of thioether (sulfide) groups is 1. The van der Waals surface area contributed by atoms with Gasteiger partial charge in [-0.25, -0.2) is 18.4 Å². The first-order valence-electron chi connectivity index (χ1n) is 7.96. The number of fused-ring (bicyclic) bond motifs is 3. The van der Waals surface area contributed by atoms with Gasteiger partial charge in [0.25, 0.3) is 0 Å². The van der Waals surface area contributed by atoms with Crippen LogP contribution in [0.4, 0.5) is 8.78 Å². The fraction of sp³-hybridized carbons (Fsp3) is 0.294. The van der Waals surface area contributed by atoms with Crippen LogP contribution in [-0.2, 0) is 28.4 Å². The van der Waals surface area contributed by atoms with E-state index in [0.717, 1.165) is 40.1 Å². The van der Waals surface area contributed by atoms with Crippen molar-refractivity contribution in [2.24, 2.45) is 0 Å². The van der Waals surface area contributed by atoms with E-state index in [4.69, 9.17) is 0 Å². The summed E-state index contributed by atoms with van der Waals surface area (Å²) in [6, 6.07) is 5.60. The van der Waals surface area contributed by atoms with Crippen LogP contribution in [0.1, 0.15) is 22.4 Å². The van der Waals surface area contributed by atoms with Gasteiger partial charge in [-0.2, -0.15) is 8.78 Å². The van der Waals surface area contributed by atoms with Crippen molar-refractivity contribution < 1.29 is 17.2 Å². The maximum atomic E-state index is 12.6. The van der Waals surface area contributed by atoms with Gasteiger partial charge in [0.1, 0.15) is 16.2 Å². The summed E-state index contributed by atoms with van der Waals surface area (Å²) in [6.45, 7) is 0. The van der Waals surface area contributed by atoms with E-state index in [9.17, 15) is 17.2 Å². The first-order chi connectivity index (χ1) is 12.5. The number of aromatic nitrogens is 2. The van der Waals surface area contributed by atoms with Gasteiger partial charge in [0, 0.05) is 16.0 Å². The zero-order valence-electron chi connectivity index (χ0n) is 13.5. The molecule has 0 aliphatic heterocycles. The molecule has 0 unspecified atom stereocenters. The van der Waals surface area contributed by atoms with Crippen LogP contribution in [0.5, 0.6) is 0 Å². The quantitative estimate of drug-likeness (QED) is 0.457. The van der Waals surface area contributed by atoms with E-state index in [1.807, 2.05) is 0 Å². The van der Waals surface area contributed by atoms with E-state index in [-0.39, 0.29) is 4.90 Å². The maximum Gasteiger partial charge on any atom is 0.341 e. The number of rotatable bonds is 5. The highest BCUT2D eigenvalue weighted by Gasteiger charge is 2.26. The van der Waals surface area contributed by atoms with Crippen molar-refractivity contribution in [1.29, 1.82) is 0 Å². The molecule has 26 heavy (non-hydrogen) atoms. The number of hydrogen-bond donors (Lipinski definition) is 0. The zero-order chi connectivity index (χ0) is 18.3. The molecule has 0 spiro atoms. The van der Waals surface area contributed by atoms with Crippen LogP contribution in [0.2, 0.25) is 0 Å². The normalized spacial score (nSPS) is 14.3. The van der Waals surface area contributed by atoms with Crippen molar-refractivity contribution in [2.45, 2.75) is 40.7 Å². The van der Waals surface area contributed by atoms with Crippen LogP contribution in [0.15, 0.2) is 40.5 Å². The molecule has 0 saturated heterocycles. The van der Waals surface area contributed by atoms with Crippen LogP contribution in [-0.4, -0.2) is 24.1 Å². The second-order valence-corrected chi connectivity index (χ2v) is 9.92. The van der Waals surface area contributed by atoms with Crippen molar-refractivity contribution in [3.05, 3.63) is 46.6 Å². The Morgan fingerprint density at radius 3 is 2.65 bits per heavy atom. The fourth-order valence-electron chi connectivity index (χ4n) is 3.04. The summed E-state index contributed by atoms with van der Waals surface area (Å²) in [7, 11) is -4.55. The third-order valence-corrected chi connectivity index (χ3v) is 7.99. The van der Waals surface area contributed by atoms with Gasteiger partial charge in [-0.05, 0) is 42.5 Å². The van der Waals surface area contributed by atoms with E-state index in [1.165, 1.54) is 22.6 Å².